The van der Waals surface area contributed by atoms with E-state index in [4.69, 9.17) is 16.6 Å². The Balaban J connectivity index is 3.52. The summed E-state index contributed by atoms with van der Waals surface area (Å²) in [7, 11) is 0. The van der Waals surface area contributed by atoms with Crippen LogP contribution in [0.4, 0.5) is 0 Å². The molecule has 0 aromatic carbocycles. The predicted molar refractivity (Wildman–Crippen MR) is 66.3 cm³/mol. The molecule has 0 saturated heterocycles. The summed E-state index contributed by atoms with van der Waals surface area (Å²) in [6, 6.07) is 2.03. The average molecular weight is 283 g/mol. The predicted octanol–water partition coefficient (Wildman–Crippen LogP) is -0.469. The first-order valence-electron chi connectivity index (χ1n) is 5.20. The van der Waals surface area contributed by atoms with Gasteiger partial charge in [-0.1, -0.05) is 0 Å². The zero-order valence-electron chi connectivity index (χ0n) is 10.2. The Hall–Kier alpha value is -3.70. The minimum atomic E-state index is -0.872. The molecule has 21 heavy (non-hydrogen) atoms. The molecule has 0 atom stereocenters. The van der Waals surface area contributed by atoms with E-state index in [1.54, 1.807) is 0 Å². The molecule has 0 radical (unpaired) electrons. The summed E-state index contributed by atoms with van der Waals surface area (Å²) in [6.45, 7) is 0. The zero-order chi connectivity index (χ0) is 15.8. The van der Waals surface area contributed by atoms with Crippen molar-refractivity contribution in [3.05, 3.63) is 45.7 Å². The molecule has 102 valence electrons. The fourth-order valence-electron chi connectivity index (χ4n) is 1.29. The van der Waals surface area contributed by atoms with Crippen LogP contribution in [0.5, 0.6) is 0 Å². The second-order valence-corrected chi connectivity index (χ2v) is 3.45. The lowest BCUT2D eigenvalue weighted by molar-refractivity contribution is 0.00219. The van der Waals surface area contributed by atoms with E-state index in [0.29, 0.717) is 18.6 Å². The van der Waals surface area contributed by atoms with Crippen molar-refractivity contribution in [3.8, 4) is 0 Å². The summed E-state index contributed by atoms with van der Waals surface area (Å²) >= 11 is 0. The Morgan fingerprint density at radius 1 is 0.810 bits per heavy atom. The topological polar surface area (TPSA) is 173 Å². The van der Waals surface area contributed by atoms with Gasteiger partial charge in [0.1, 0.15) is 11.4 Å². The van der Waals surface area contributed by atoms with Gasteiger partial charge in [0.15, 0.2) is 0 Å². The lowest BCUT2D eigenvalue weighted by Gasteiger charge is -1.99. The van der Waals surface area contributed by atoms with E-state index in [1.165, 1.54) is 0 Å². The van der Waals surface area contributed by atoms with Gasteiger partial charge in [-0.05, 0) is 12.1 Å². The molecule has 0 saturated carbocycles. The number of carbonyl (C=O) groups is 3. The molecule has 0 aliphatic heterocycles. The van der Waals surface area contributed by atoms with Crippen molar-refractivity contribution in [2.45, 2.75) is 0 Å². The maximum atomic E-state index is 11.6. The van der Waals surface area contributed by atoms with Crippen LogP contribution in [-0.4, -0.2) is 55.3 Å². The third kappa shape index (κ3) is 3.88. The van der Waals surface area contributed by atoms with Crippen LogP contribution in [-0.2, 0) is 0 Å². The number of pyridine rings is 1. The number of Topliss-reactive ketones (excluding diaryl/α,β-unsaturated/α-hetero) is 3. The third-order valence-electron chi connectivity index (χ3n) is 2.14. The van der Waals surface area contributed by atoms with Crippen LogP contribution in [0, 0.1) is 0 Å². The molecule has 10 nitrogen and oxygen atoms in total. The number of rotatable bonds is 6. The number of carbonyl (C=O) groups excluding carboxylic acids is 3. The normalized spacial score (nSPS) is 8.57. The van der Waals surface area contributed by atoms with E-state index in [1.807, 2.05) is 0 Å². The zero-order valence-corrected chi connectivity index (χ0v) is 10.2. The van der Waals surface area contributed by atoms with Gasteiger partial charge in [-0.3, -0.25) is 14.4 Å². The maximum absolute atomic E-state index is 11.6. The van der Waals surface area contributed by atoms with Gasteiger partial charge in [0.2, 0.25) is 0 Å². The number of hydrogen-bond acceptors (Lipinski definition) is 4. The van der Waals surface area contributed by atoms with E-state index < -0.39 is 17.3 Å². The SMILES string of the molecule is [N-]=[N+]=CC(=O)c1cc(C(=O)C=[N+]=[N-])nc(C(=O)C=[N+]=[N-])c1. The highest BCUT2D eigenvalue weighted by molar-refractivity contribution is 6.37. The number of hydrogen-bond donors (Lipinski definition) is 0. The van der Waals surface area contributed by atoms with Crippen LogP contribution >= 0.6 is 0 Å². The summed E-state index contributed by atoms with van der Waals surface area (Å²) in [6.07, 6.45) is 1.59. The molecule has 0 fully saturated rings. The van der Waals surface area contributed by atoms with Crippen molar-refractivity contribution < 1.29 is 28.8 Å². The maximum Gasteiger partial charge on any atom is 0.329 e. The van der Waals surface area contributed by atoms with Crippen molar-refractivity contribution in [3.63, 3.8) is 0 Å². The van der Waals surface area contributed by atoms with Crippen molar-refractivity contribution in [2.24, 2.45) is 0 Å². The Morgan fingerprint density at radius 2 is 1.19 bits per heavy atom. The lowest BCUT2D eigenvalue weighted by Crippen LogP contribution is -2.14. The number of nitrogens with zero attached hydrogens (tertiary/aromatic N) is 7. The molecule has 0 N–H and O–H groups in total. The van der Waals surface area contributed by atoms with Crippen molar-refractivity contribution >= 4 is 36.0 Å². The highest BCUT2D eigenvalue weighted by Gasteiger charge is 2.20. The average Bonchev–Trinajstić information content (AvgIpc) is 2.47. The summed E-state index contributed by atoms with van der Waals surface area (Å²) in [4.78, 5) is 45.9. The van der Waals surface area contributed by atoms with E-state index in [0.717, 1.165) is 12.1 Å². The molecule has 0 amide bonds. The molecule has 0 bridgehead atoms. The Morgan fingerprint density at radius 3 is 1.57 bits per heavy atom. The van der Waals surface area contributed by atoms with Gasteiger partial charge in [0.25, 0.3) is 17.3 Å². The minimum absolute atomic E-state index is 0.174. The molecule has 0 aliphatic carbocycles. The Bertz CT molecular complexity index is 662. The summed E-state index contributed by atoms with van der Waals surface area (Å²) in [5, 5.41) is 0. The lowest BCUT2D eigenvalue weighted by atomic mass is 10.1. The Kier molecular flexibility index (Phi) is 5.14. The van der Waals surface area contributed by atoms with Crippen LogP contribution in [0.15, 0.2) is 12.1 Å². The third-order valence-corrected chi connectivity index (χ3v) is 2.14. The van der Waals surface area contributed by atoms with E-state index >= 15 is 0 Å². The van der Waals surface area contributed by atoms with Crippen LogP contribution in [0.2, 0.25) is 0 Å². The van der Waals surface area contributed by atoms with Gasteiger partial charge in [-0.15, -0.1) is 0 Å². The second-order valence-electron chi connectivity index (χ2n) is 3.45. The molecule has 1 aromatic rings. The van der Waals surface area contributed by atoms with Crippen LogP contribution in [0.1, 0.15) is 31.3 Å². The second kappa shape index (κ2) is 7.03. The van der Waals surface area contributed by atoms with Gasteiger partial charge in [-0.2, -0.15) is 14.4 Å². The monoisotopic (exact) mass is 283 g/mol. The van der Waals surface area contributed by atoms with E-state index in [-0.39, 0.29) is 17.0 Å². The van der Waals surface area contributed by atoms with Gasteiger partial charge in [0, 0.05) is 5.56 Å². The van der Waals surface area contributed by atoms with Crippen LogP contribution in [0.3, 0.4) is 0 Å². The summed E-state index contributed by atoms with van der Waals surface area (Å²) in [5.74, 6) is -2.55. The van der Waals surface area contributed by atoms with E-state index in [9.17, 15) is 14.4 Å². The van der Waals surface area contributed by atoms with Crippen molar-refractivity contribution in [1.82, 2.24) is 4.98 Å². The smallest absolute Gasteiger partial charge is 0.329 e. The standard InChI is InChI=1S/C11H5N7O3/c12-15-3-9(19)6-1-7(10(20)4-16-13)18-8(2-6)11(21)5-17-14/h1-5H. The fraction of sp³-hybridized carbons (Fsp3) is 0. The van der Waals surface area contributed by atoms with Gasteiger partial charge >= 0.3 is 18.6 Å². The minimum Gasteiger partial charge on any atom is -0.361 e. The molecule has 10 heteroatoms. The first-order chi connectivity index (χ1) is 10.0. The molecule has 0 aliphatic rings. The van der Waals surface area contributed by atoms with E-state index in [2.05, 4.69) is 19.4 Å². The van der Waals surface area contributed by atoms with Crippen LogP contribution < -0.4 is 0 Å². The fourth-order valence-corrected chi connectivity index (χ4v) is 1.29. The molecular formula is C11H5N7O3. The molecule has 1 heterocycles. The molecule has 1 aromatic heterocycles. The van der Waals surface area contributed by atoms with Gasteiger partial charge < -0.3 is 16.6 Å². The highest BCUT2D eigenvalue weighted by atomic mass is 16.1. The quantitative estimate of drug-likeness (QED) is 0.297. The molecular weight excluding hydrogens is 278 g/mol. The molecule has 1 rings (SSSR count). The molecule has 0 spiro atoms. The number of aromatic nitrogens is 1. The van der Waals surface area contributed by atoms with Crippen LogP contribution in [0.25, 0.3) is 16.6 Å². The molecule has 0 unspecified atom stereocenters. The summed E-state index contributed by atoms with van der Waals surface area (Å²) < 4.78 is 0. The highest BCUT2D eigenvalue weighted by Crippen LogP contribution is 2.07. The first-order valence-corrected chi connectivity index (χ1v) is 5.20. The van der Waals surface area contributed by atoms with Crippen molar-refractivity contribution in [1.29, 1.82) is 0 Å². The number of ketones is 3. The Labute approximate surface area is 116 Å². The summed E-state index contributed by atoms with van der Waals surface area (Å²) in [5.41, 5.74) is 24.0. The first kappa shape index (κ1) is 15.4. The largest absolute Gasteiger partial charge is 0.361 e. The van der Waals surface area contributed by atoms with Gasteiger partial charge in [-0.25, -0.2) is 4.98 Å². The van der Waals surface area contributed by atoms with Gasteiger partial charge in [0.05, 0.1) is 0 Å². The van der Waals surface area contributed by atoms with Crippen molar-refractivity contribution in [2.75, 3.05) is 0 Å².